The molecule has 0 amide bonds. The highest BCUT2D eigenvalue weighted by Crippen LogP contribution is 2.36. The second-order valence-corrected chi connectivity index (χ2v) is 12.3. The number of anilines is 1. The molecule has 0 fully saturated rings. The quantitative estimate of drug-likeness (QED) is 0.440. The van der Waals surface area contributed by atoms with E-state index < -0.39 is 8.32 Å². The van der Waals surface area contributed by atoms with Gasteiger partial charge in [-0.1, -0.05) is 20.8 Å². The molecule has 19 heavy (non-hydrogen) atoms. The molecule has 0 aromatic carbocycles. The standard InChI is InChI=1S/C14H25IN2OSi/c1-14(2,3)19(4,5)18-10-6-8-16-13-11-12(15)7-9-17-13/h7,9,11H,6,8,10H2,1-5H3,(H,16,17). The van der Waals surface area contributed by atoms with E-state index in [-0.39, 0.29) is 5.04 Å². The van der Waals surface area contributed by atoms with Crippen molar-refractivity contribution in [3.63, 3.8) is 0 Å². The van der Waals surface area contributed by atoms with Gasteiger partial charge in [0.05, 0.1) is 0 Å². The third-order valence-corrected chi connectivity index (χ3v) is 8.83. The monoisotopic (exact) mass is 392 g/mol. The topological polar surface area (TPSA) is 34.1 Å². The smallest absolute Gasteiger partial charge is 0.191 e. The lowest BCUT2D eigenvalue weighted by molar-refractivity contribution is 0.286. The molecule has 0 bridgehead atoms. The molecule has 0 atom stereocenters. The summed E-state index contributed by atoms with van der Waals surface area (Å²) in [4.78, 5) is 4.28. The van der Waals surface area contributed by atoms with E-state index >= 15 is 0 Å². The van der Waals surface area contributed by atoms with E-state index in [2.05, 4.69) is 72.8 Å². The van der Waals surface area contributed by atoms with E-state index in [9.17, 15) is 0 Å². The number of hydrogen-bond acceptors (Lipinski definition) is 3. The minimum absolute atomic E-state index is 0.289. The van der Waals surface area contributed by atoms with Crippen LogP contribution in [0.2, 0.25) is 18.1 Å². The molecule has 0 spiro atoms. The van der Waals surface area contributed by atoms with Crippen molar-refractivity contribution in [1.82, 2.24) is 4.98 Å². The van der Waals surface area contributed by atoms with Gasteiger partial charge in [-0.25, -0.2) is 4.98 Å². The molecule has 0 aliphatic heterocycles. The molecule has 1 rings (SSSR count). The summed E-state index contributed by atoms with van der Waals surface area (Å²) in [5.41, 5.74) is 0. The first-order valence-corrected chi connectivity index (χ1v) is 10.7. The maximum absolute atomic E-state index is 6.13. The zero-order chi connectivity index (χ0) is 14.5. The van der Waals surface area contributed by atoms with Crippen LogP contribution >= 0.6 is 22.6 Å². The molecule has 0 saturated carbocycles. The summed E-state index contributed by atoms with van der Waals surface area (Å²) >= 11 is 2.29. The fourth-order valence-electron chi connectivity index (χ4n) is 1.33. The minimum Gasteiger partial charge on any atom is -0.417 e. The molecule has 0 radical (unpaired) electrons. The van der Waals surface area contributed by atoms with Crippen LogP contribution in [0.3, 0.4) is 0 Å². The Kier molecular flexibility index (Phi) is 6.26. The normalized spacial score (nSPS) is 12.5. The van der Waals surface area contributed by atoms with Gasteiger partial charge < -0.3 is 9.74 Å². The van der Waals surface area contributed by atoms with Gasteiger partial charge in [0.15, 0.2) is 8.32 Å². The van der Waals surface area contributed by atoms with Gasteiger partial charge in [0.2, 0.25) is 0 Å². The van der Waals surface area contributed by atoms with Gasteiger partial charge in [-0.2, -0.15) is 0 Å². The lowest BCUT2D eigenvalue weighted by Gasteiger charge is -2.36. The zero-order valence-corrected chi connectivity index (χ0v) is 15.7. The summed E-state index contributed by atoms with van der Waals surface area (Å²) in [7, 11) is -1.59. The van der Waals surface area contributed by atoms with E-state index in [0.717, 1.165) is 25.4 Å². The Morgan fingerprint density at radius 1 is 1.37 bits per heavy atom. The van der Waals surface area contributed by atoms with E-state index in [0.29, 0.717) is 0 Å². The van der Waals surface area contributed by atoms with Crippen LogP contribution in [0.15, 0.2) is 18.3 Å². The van der Waals surface area contributed by atoms with Crippen LogP contribution in [-0.2, 0) is 4.43 Å². The van der Waals surface area contributed by atoms with E-state index in [1.54, 1.807) is 0 Å². The van der Waals surface area contributed by atoms with E-state index in [1.807, 2.05) is 12.3 Å². The average Bonchev–Trinajstić information content (AvgIpc) is 2.27. The van der Waals surface area contributed by atoms with E-state index in [4.69, 9.17) is 4.43 Å². The van der Waals surface area contributed by atoms with Gasteiger partial charge in [-0.05, 0) is 59.3 Å². The van der Waals surface area contributed by atoms with Crippen molar-refractivity contribution in [3.8, 4) is 0 Å². The average molecular weight is 392 g/mol. The number of pyridine rings is 1. The fourth-order valence-corrected chi connectivity index (χ4v) is 2.88. The number of nitrogens with zero attached hydrogens (tertiary/aromatic N) is 1. The highest BCUT2D eigenvalue weighted by Gasteiger charge is 2.36. The highest BCUT2D eigenvalue weighted by atomic mass is 127. The number of hydrogen-bond donors (Lipinski definition) is 1. The molecule has 0 aliphatic rings. The van der Waals surface area contributed by atoms with Crippen LogP contribution in [0, 0.1) is 3.57 Å². The summed E-state index contributed by atoms with van der Waals surface area (Å²) in [6.07, 6.45) is 2.84. The highest BCUT2D eigenvalue weighted by molar-refractivity contribution is 14.1. The molecule has 1 N–H and O–H groups in total. The first kappa shape index (κ1) is 16.9. The van der Waals surface area contributed by atoms with Crippen LogP contribution in [0.1, 0.15) is 27.2 Å². The lowest BCUT2D eigenvalue weighted by Crippen LogP contribution is -2.41. The first-order valence-electron chi connectivity index (χ1n) is 6.72. The van der Waals surface area contributed by atoms with Crippen LogP contribution in [0.5, 0.6) is 0 Å². The van der Waals surface area contributed by atoms with Crippen molar-refractivity contribution < 1.29 is 4.43 Å². The predicted molar refractivity (Wildman–Crippen MR) is 93.2 cm³/mol. The number of aromatic nitrogens is 1. The molecule has 3 nitrogen and oxygen atoms in total. The van der Waals surface area contributed by atoms with Crippen molar-refractivity contribution in [2.45, 2.75) is 45.3 Å². The van der Waals surface area contributed by atoms with E-state index in [1.165, 1.54) is 3.57 Å². The minimum atomic E-state index is -1.59. The summed E-state index contributed by atoms with van der Waals surface area (Å²) in [5.74, 6) is 0.944. The molecule has 1 heterocycles. The summed E-state index contributed by atoms with van der Waals surface area (Å²) < 4.78 is 7.33. The molecular formula is C14H25IN2OSi. The second kappa shape index (κ2) is 7.03. The molecule has 5 heteroatoms. The molecule has 0 saturated heterocycles. The molecule has 0 unspecified atom stereocenters. The number of nitrogens with one attached hydrogen (secondary N) is 1. The van der Waals surface area contributed by atoms with Crippen molar-refractivity contribution in [1.29, 1.82) is 0 Å². The molecule has 1 aromatic heterocycles. The molecule has 0 aliphatic carbocycles. The number of rotatable bonds is 6. The van der Waals surface area contributed by atoms with Crippen molar-refractivity contribution >= 4 is 36.7 Å². The second-order valence-electron chi connectivity index (χ2n) is 6.25. The van der Waals surface area contributed by atoms with Gasteiger partial charge in [-0.15, -0.1) is 0 Å². The fraction of sp³-hybridized carbons (Fsp3) is 0.643. The van der Waals surface area contributed by atoms with Crippen molar-refractivity contribution in [2.75, 3.05) is 18.5 Å². The molecular weight excluding hydrogens is 367 g/mol. The zero-order valence-electron chi connectivity index (χ0n) is 12.6. The Hall–Kier alpha value is -0.143. The maximum atomic E-state index is 6.13. The van der Waals surface area contributed by atoms with Crippen LogP contribution in [0.25, 0.3) is 0 Å². The Labute approximate surface area is 131 Å². The summed E-state index contributed by atoms with van der Waals surface area (Å²) in [6.45, 7) is 13.1. The molecule has 1 aromatic rings. The third-order valence-electron chi connectivity index (χ3n) is 3.62. The maximum Gasteiger partial charge on any atom is 0.191 e. The summed E-state index contributed by atoms with van der Waals surface area (Å²) in [5, 5.41) is 3.62. The van der Waals surface area contributed by atoms with Gasteiger partial charge in [0, 0.05) is 22.9 Å². The Morgan fingerprint density at radius 2 is 2.05 bits per heavy atom. The SMILES string of the molecule is CC(C)(C)[Si](C)(C)OCCCNc1cc(I)ccn1. The van der Waals surface area contributed by atoms with Crippen molar-refractivity contribution in [2.24, 2.45) is 0 Å². The van der Waals surface area contributed by atoms with Crippen LogP contribution in [0.4, 0.5) is 5.82 Å². The Balaban J connectivity index is 2.25. The third kappa shape index (κ3) is 5.79. The largest absolute Gasteiger partial charge is 0.417 e. The molecule has 108 valence electrons. The van der Waals surface area contributed by atoms with Gasteiger partial charge in [0.25, 0.3) is 0 Å². The first-order chi connectivity index (χ1) is 8.72. The summed E-state index contributed by atoms with van der Waals surface area (Å²) in [6, 6.07) is 4.04. The van der Waals surface area contributed by atoms with Gasteiger partial charge in [-0.3, -0.25) is 0 Å². The van der Waals surface area contributed by atoms with Gasteiger partial charge in [0.1, 0.15) is 5.82 Å². The Morgan fingerprint density at radius 3 is 2.63 bits per heavy atom. The van der Waals surface area contributed by atoms with Crippen LogP contribution in [-0.4, -0.2) is 26.5 Å². The van der Waals surface area contributed by atoms with Crippen molar-refractivity contribution in [3.05, 3.63) is 21.9 Å². The van der Waals surface area contributed by atoms with Gasteiger partial charge >= 0.3 is 0 Å². The number of halogens is 1. The lowest BCUT2D eigenvalue weighted by atomic mass is 10.2. The predicted octanol–water partition coefficient (Wildman–Crippen LogP) is 4.51. The Bertz CT molecular complexity index is 405. The van der Waals surface area contributed by atoms with Crippen LogP contribution < -0.4 is 5.32 Å².